The molecule has 2 aromatic rings. The van der Waals surface area contributed by atoms with E-state index in [1.165, 1.54) is 0 Å². The summed E-state index contributed by atoms with van der Waals surface area (Å²) in [4.78, 5) is 29.0. The zero-order valence-electron chi connectivity index (χ0n) is 13.7. The highest BCUT2D eigenvalue weighted by atomic mass is 16.2. The van der Waals surface area contributed by atoms with Crippen molar-refractivity contribution in [2.24, 2.45) is 0 Å². The third kappa shape index (κ3) is 3.12. The Morgan fingerprint density at radius 2 is 2.22 bits per heavy atom. The zero-order valence-corrected chi connectivity index (χ0v) is 13.7. The molecule has 0 unspecified atom stereocenters. The molecule has 1 aliphatic heterocycles. The second-order valence-electron chi connectivity index (χ2n) is 5.76. The van der Waals surface area contributed by atoms with Crippen molar-refractivity contribution in [3.8, 4) is 0 Å². The largest absolute Gasteiger partial charge is 0.347 e. The van der Waals surface area contributed by atoms with Crippen molar-refractivity contribution < 1.29 is 4.79 Å². The normalized spacial score (nSPS) is 19.0. The van der Waals surface area contributed by atoms with Gasteiger partial charge < -0.3 is 9.88 Å². The van der Waals surface area contributed by atoms with Gasteiger partial charge in [-0.3, -0.25) is 14.7 Å². The number of likely N-dealkylation sites (N-methyl/N-ethyl adjacent to an activating group) is 1. The van der Waals surface area contributed by atoms with Gasteiger partial charge in [0.1, 0.15) is 5.82 Å². The first kappa shape index (κ1) is 15.7. The standard InChI is InChI=1S/C17H23N5O/c1-3-13-11-18-6-5-14(13)17(23)22-10-9-21(4-2)15(12-22)16-19-7-8-20-16/h5-8,11,15H,3-4,9-10,12H2,1-2H3,(H,19,20)/t15-/m1/s1. The summed E-state index contributed by atoms with van der Waals surface area (Å²) in [5.74, 6) is 1.02. The van der Waals surface area contributed by atoms with Crippen LogP contribution in [0.2, 0.25) is 0 Å². The van der Waals surface area contributed by atoms with Crippen molar-refractivity contribution in [3.63, 3.8) is 0 Å². The molecule has 3 heterocycles. The lowest BCUT2D eigenvalue weighted by molar-refractivity contribution is 0.0479. The van der Waals surface area contributed by atoms with Crippen LogP contribution in [0.1, 0.15) is 41.6 Å². The molecule has 0 bridgehead atoms. The van der Waals surface area contributed by atoms with Crippen molar-refractivity contribution in [1.29, 1.82) is 0 Å². The van der Waals surface area contributed by atoms with Gasteiger partial charge in [-0.2, -0.15) is 0 Å². The van der Waals surface area contributed by atoms with Gasteiger partial charge in [-0.15, -0.1) is 0 Å². The fourth-order valence-corrected chi connectivity index (χ4v) is 3.19. The minimum Gasteiger partial charge on any atom is -0.347 e. The smallest absolute Gasteiger partial charge is 0.254 e. The Morgan fingerprint density at radius 1 is 1.35 bits per heavy atom. The first-order valence-electron chi connectivity index (χ1n) is 8.20. The minimum atomic E-state index is 0.0940. The first-order chi connectivity index (χ1) is 11.2. The predicted octanol–water partition coefficient (Wildman–Crippen LogP) is 1.89. The monoisotopic (exact) mass is 313 g/mol. The van der Waals surface area contributed by atoms with Crippen LogP contribution in [-0.2, 0) is 6.42 Å². The third-order valence-corrected chi connectivity index (χ3v) is 4.53. The summed E-state index contributed by atoms with van der Waals surface area (Å²) in [6, 6.07) is 1.95. The Labute approximate surface area is 136 Å². The summed E-state index contributed by atoms with van der Waals surface area (Å²) in [6.07, 6.45) is 7.90. The molecule has 6 heteroatoms. The summed E-state index contributed by atoms with van der Waals surface area (Å²) in [6.45, 7) is 7.41. The summed E-state index contributed by atoms with van der Waals surface area (Å²) >= 11 is 0. The number of pyridine rings is 1. The van der Waals surface area contributed by atoms with Crippen LogP contribution in [0.3, 0.4) is 0 Å². The van der Waals surface area contributed by atoms with Crippen LogP contribution in [0.15, 0.2) is 30.9 Å². The quantitative estimate of drug-likeness (QED) is 0.936. The number of hydrogen-bond acceptors (Lipinski definition) is 4. The van der Waals surface area contributed by atoms with Crippen LogP contribution < -0.4 is 0 Å². The highest BCUT2D eigenvalue weighted by molar-refractivity contribution is 5.95. The van der Waals surface area contributed by atoms with Crippen molar-refractivity contribution in [1.82, 2.24) is 24.8 Å². The summed E-state index contributed by atoms with van der Waals surface area (Å²) in [5, 5.41) is 0. The van der Waals surface area contributed by atoms with Crippen molar-refractivity contribution in [2.45, 2.75) is 26.3 Å². The molecule has 1 aliphatic rings. The number of imidazole rings is 1. The number of carbonyl (C=O) groups is 1. The zero-order chi connectivity index (χ0) is 16.2. The lowest BCUT2D eigenvalue weighted by Crippen LogP contribution is -2.50. The number of aryl methyl sites for hydroxylation is 1. The Balaban J connectivity index is 1.82. The van der Waals surface area contributed by atoms with Gasteiger partial charge in [0.25, 0.3) is 5.91 Å². The van der Waals surface area contributed by atoms with E-state index in [0.717, 1.165) is 43.0 Å². The summed E-state index contributed by atoms with van der Waals surface area (Å²) in [7, 11) is 0. The molecule has 122 valence electrons. The van der Waals surface area contributed by atoms with E-state index in [4.69, 9.17) is 0 Å². The van der Waals surface area contributed by atoms with E-state index < -0.39 is 0 Å². The van der Waals surface area contributed by atoms with Crippen molar-refractivity contribution >= 4 is 5.91 Å². The fraction of sp³-hybridized carbons (Fsp3) is 0.471. The van der Waals surface area contributed by atoms with Gasteiger partial charge in [0.15, 0.2) is 0 Å². The number of nitrogens with zero attached hydrogens (tertiary/aromatic N) is 4. The van der Waals surface area contributed by atoms with E-state index in [9.17, 15) is 4.79 Å². The van der Waals surface area contributed by atoms with Crippen LogP contribution >= 0.6 is 0 Å². The van der Waals surface area contributed by atoms with Crippen LogP contribution in [-0.4, -0.2) is 56.8 Å². The molecule has 0 spiro atoms. The number of nitrogens with one attached hydrogen (secondary N) is 1. The second-order valence-corrected chi connectivity index (χ2v) is 5.76. The number of amides is 1. The van der Waals surface area contributed by atoms with Crippen molar-refractivity contribution in [3.05, 3.63) is 47.8 Å². The van der Waals surface area contributed by atoms with Gasteiger partial charge in [0.05, 0.1) is 6.04 Å². The maximum Gasteiger partial charge on any atom is 0.254 e. The molecule has 23 heavy (non-hydrogen) atoms. The first-order valence-corrected chi connectivity index (χ1v) is 8.20. The summed E-state index contributed by atoms with van der Waals surface area (Å²) in [5.41, 5.74) is 1.77. The number of aromatic nitrogens is 3. The molecule has 0 aromatic carbocycles. The SMILES string of the molecule is CCc1cnccc1C(=O)N1CCN(CC)[C@@H](c2ncc[nH]2)C1. The highest BCUT2D eigenvalue weighted by Crippen LogP contribution is 2.24. The lowest BCUT2D eigenvalue weighted by Gasteiger charge is -2.40. The van der Waals surface area contributed by atoms with Crippen LogP contribution in [0.5, 0.6) is 0 Å². The molecule has 1 atom stereocenters. The number of carbonyl (C=O) groups excluding carboxylic acids is 1. The Kier molecular flexibility index (Phi) is 4.71. The van der Waals surface area contributed by atoms with Gasteiger partial charge in [-0.1, -0.05) is 13.8 Å². The fourth-order valence-electron chi connectivity index (χ4n) is 3.19. The molecule has 3 rings (SSSR count). The van der Waals surface area contributed by atoms with Crippen LogP contribution in [0, 0.1) is 0 Å². The molecule has 0 radical (unpaired) electrons. The molecular formula is C17H23N5O. The molecule has 1 N–H and O–H groups in total. The van der Waals surface area contributed by atoms with Crippen LogP contribution in [0.4, 0.5) is 0 Å². The topological polar surface area (TPSA) is 65.1 Å². The predicted molar refractivity (Wildman–Crippen MR) is 88.1 cm³/mol. The van der Waals surface area contributed by atoms with Crippen LogP contribution in [0.25, 0.3) is 0 Å². The number of aromatic amines is 1. The maximum absolute atomic E-state index is 12.9. The molecule has 2 aromatic heterocycles. The highest BCUT2D eigenvalue weighted by Gasteiger charge is 2.32. The van der Waals surface area contributed by atoms with E-state index in [2.05, 4.69) is 33.7 Å². The third-order valence-electron chi connectivity index (χ3n) is 4.53. The molecule has 0 saturated carbocycles. The van der Waals surface area contributed by atoms with Gasteiger partial charge >= 0.3 is 0 Å². The van der Waals surface area contributed by atoms with E-state index in [1.807, 2.05) is 17.2 Å². The number of piperazine rings is 1. The number of rotatable bonds is 4. The molecular weight excluding hydrogens is 290 g/mol. The second kappa shape index (κ2) is 6.91. The van der Waals surface area contributed by atoms with Gasteiger partial charge in [0.2, 0.25) is 0 Å². The lowest BCUT2D eigenvalue weighted by atomic mass is 10.1. The number of H-pyrrole nitrogens is 1. The van der Waals surface area contributed by atoms with E-state index in [0.29, 0.717) is 6.54 Å². The van der Waals surface area contributed by atoms with Gasteiger partial charge in [-0.05, 0) is 24.6 Å². The molecule has 1 saturated heterocycles. The minimum absolute atomic E-state index is 0.0940. The Hall–Kier alpha value is -2.21. The molecule has 1 amide bonds. The Morgan fingerprint density at radius 3 is 2.91 bits per heavy atom. The Bertz CT molecular complexity index is 655. The molecule has 0 aliphatic carbocycles. The number of hydrogen-bond donors (Lipinski definition) is 1. The van der Waals surface area contributed by atoms with Crippen molar-refractivity contribution in [2.75, 3.05) is 26.2 Å². The summed E-state index contributed by atoms with van der Waals surface area (Å²) < 4.78 is 0. The molecule has 6 nitrogen and oxygen atoms in total. The van der Waals surface area contributed by atoms with E-state index in [1.54, 1.807) is 18.6 Å². The molecule has 1 fully saturated rings. The maximum atomic E-state index is 12.9. The van der Waals surface area contributed by atoms with E-state index in [-0.39, 0.29) is 11.9 Å². The van der Waals surface area contributed by atoms with Gasteiger partial charge in [-0.25, -0.2) is 4.98 Å². The van der Waals surface area contributed by atoms with Gasteiger partial charge in [0, 0.05) is 50.0 Å². The average Bonchev–Trinajstić information content (AvgIpc) is 3.15. The average molecular weight is 313 g/mol. The van der Waals surface area contributed by atoms with E-state index >= 15 is 0 Å².